The summed E-state index contributed by atoms with van der Waals surface area (Å²) in [6, 6.07) is 7.46. The highest BCUT2D eigenvalue weighted by molar-refractivity contribution is 5.98. The number of hydrogen-bond donors (Lipinski definition) is 1. The molecular weight excluding hydrogens is 368 g/mol. The molecular formula is C18H17ClN6O2. The number of nitrogens with two attached hydrogens (primary N) is 1. The molecule has 3 aromatic heterocycles. The first kappa shape index (κ1) is 18.5. The summed E-state index contributed by atoms with van der Waals surface area (Å²) < 4.78 is 6.71. The van der Waals surface area contributed by atoms with Crippen molar-refractivity contribution in [3.8, 4) is 22.6 Å². The van der Waals surface area contributed by atoms with Crippen LogP contribution in [0.2, 0.25) is 0 Å². The second-order valence-corrected chi connectivity index (χ2v) is 5.87. The van der Waals surface area contributed by atoms with Crippen LogP contribution in [0, 0.1) is 0 Å². The van der Waals surface area contributed by atoms with E-state index in [9.17, 15) is 4.79 Å². The summed E-state index contributed by atoms with van der Waals surface area (Å²) in [6.45, 7) is 4.19. The number of carbonyl (C=O) groups is 1. The Balaban J connectivity index is 0.00000210. The van der Waals surface area contributed by atoms with E-state index in [4.69, 9.17) is 10.4 Å². The fourth-order valence-corrected chi connectivity index (χ4v) is 3.04. The number of fused-ring (bicyclic) bond motifs is 1. The molecule has 0 amide bonds. The molecule has 4 rings (SSSR count). The van der Waals surface area contributed by atoms with Crippen molar-refractivity contribution < 1.29 is 9.42 Å². The number of rotatable bonds is 4. The monoisotopic (exact) mass is 384 g/mol. The van der Waals surface area contributed by atoms with Crippen molar-refractivity contribution in [1.82, 2.24) is 24.8 Å². The number of nitrogens with zero attached hydrogens (tertiary/aromatic N) is 5. The van der Waals surface area contributed by atoms with Gasteiger partial charge < -0.3 is 10.3 Å². The number of halogens is 1. The third kappa shape index (κ3) is 3.04. The van der Waals surface area contributed by atoms with Gasteiger partial charge in [0.15, 0.2) is 23.1 Å². The maximum Gasteiger partial charge on any atom is 0.199 e. The highest BCUT2D eigenvalue weighted by Crippen LogP contribution is 2.33. The van der Waals surface area contributed by atoms with E-state index in [1.165, 1.54) is 0 Å². The SMILES string of the molecule is CCn1c(-c2nonc2N)nc2cncc(-c3cccc(C(C)=O)c3)c21.Cl. The Labute approximate surface area is 160 Å². The summed E-state index contributed by atoms with van der Waals surface area (Å²) in [7, 11) is 0. The maximum absolute atomic E-state index is 11.7. The molecule has 3 heterocycles. The van der Waals surface area contributed by atoms with E-state index in [1.54, 1.807) is 25.4 Å². The van der Waals surface area contributed by atoms with Crippen LogP contribution in [0.5, 0.6) is 0 Å². The van der Waals surface area contributed by atoms with E-state index < -0.39 is 0 Å². The largest absolute Gasteiger partial charge is 0.379 e. The van der Waals surface area contributed by atoms with Gasteiger partial charge in [0.05, 0.1) is 11.7 Å². The van der Waals surface area contributed by atoms with Gasteiger partial charge in [-0.15, -0.1) is 12.4 Å². The Hall–Kier alpha value is -3.26. The van der Waals surface area contributed by atoms with Crippen molar-refractivity contribution in [3.63, 3.8) is 0 Å². The first-order chi connectivity index (χ1) is 12.6. The molecule has 0 aliphatic heterocycles. The smallest absolute Gasteiger partial charge is 0.199 e. The summed E-state index contributed by atoms with van der Waals surface area (Å²) in [5.74, 6) is 0.763. The predicted molar refractivity (Wildman–Crippen MR) is 104 cm³/mol. The number of imidazole rings is 1. The first-order valence-corrected chi connectivity index (χ1v) is 8.14. The predicted octanol–water partition coefficient (Wildman–Crippen LogP) is 3.37. The van der Waals surface area contributed by atoms with Crippen LogP contribution < -0.4 is 5.73 Å². The van der Waals surface area contributed by atoms with Gasteiger partial charge in [-0.3, -0.25) is 9.78 Å². The number of Topliss-reactive ketones (excluding diaryl/α,β-unsaturated/α-hetero) is 1. The lowest BCUT2D eigenvalue weighted by atomic mass is 10.0. The number of aromatic nitrogens is 5. The lowest BCUT2D eigenvalue weighted by Gasteiger charge is -2.09. The van der Waals surface area contributed by atoms with Crippen LogP contribution in [0.4, 0.5) is 5.82 Å². The Bertz CT molecular complexity index is 1130. The molecule has 27 heavy (non-hydrogen) atoms. The van der Waals surface area contributed by atoms with E-state index in [0.29, 0.717) is 29.1 Å². The maximum atomic E-state index is 11.7. The second kappa shape index (κ2) is 7.16. The Morgan fingerprint density at radius 1 is 1.26 bits per heavy atom. The van der Waals surface area contributed by atoms with Crippen molar-refractivity contribution in [2.24, 2.45) is 0 Å². The normalized spacial score (nSPS) is 10.7. The van der Waals surface area contributed by atoms with Crippen LogP contribution in [-0.4, -0.2) is 30.6 Å². The van der Waals surface area contributed by atoms with Gasteiger partial charge in [-0.25, -0.2) is 9.61 Å². The van der Waals surface area contributed by atoms with Gasteiger partial charge in [0.25, 0.3) is 0 Å². The summed E-state index contributed by atoms with van der Waals surface area (Å²) in [6.07, 6.45) is 3.45. The highest BCUT2D eigenvalue weighted by Gasteiger charge is 2.21. The zero-order chi connectivity index (χ0) is 18.3. The number of hydrogen-bond acceptors (Lipinski definition) is 7. The molecule has 0 aliphatic carbocycles. The van der Waals surface area contributed by atoms with Gasteiger partial charge >= 0.3 is 0 Å². The minimum Gasteiger partial charge on any atom is -0.379 e. The number of benzene rings is 1. The average Bonchev–Trinajstić information content (AvgIpc) is 3.24. The number of ketones is 1. The molecule has 8 nitrogen and oxygen atoms in total. The molecule has 0 atom stereocenters. The molecule has 0 radical (unpaired) electrons. The lowest BCUT2D eigenvalue weighted by molar-refractivity contribution is 0.101. The molecule has 0 saturated carbocycles. The fraction of sp³-hybridized carbons (Fsp3) is 0.167. The molecule has 0 aliphatic rings. The van der Waals surface area contributed by atoms with Crippen LogP contribution >= 0.6 is 12.4 Å². The lowest BCUT2D eigenvalue weighted by Crippen LogP contribution is -2.01. The van der Waals surface area contributed by atoms with Gasteiger partial charge in [-0.2, -0.15) is 0 Å². The Morgan fingerprint density at radius 3 is 2.74 bits per heavy atom. The minimum atomic E-state index is 0. The van der Waals surface area contributed by atoms with Gasteiger partial charge in [0.1, 0.15) is 5.52 Å². The fourth-order valence-electron chi connectivity index (χ4n) is 3.04. The van der Waals surface area contributed by atoms with Gasteiger partial charge in [-0.1, -0.05) is 18.2 Å². The van der Waals surface area contributed by atoms with Crippen LogP contribution in [-0.2, 0) is 6.54 Å². The standard InChI is InChI=1S/C18H16N6O2.ClH/c1-3-24-16-13(12-6-4-5-11(7-12)10(2)25)8-20-9-14(16)21-18(24)15-17(19)23-26-22-15;/h4-9H,3H2,1-2H3,(H2,19,23);1H. The number of anilines is 1. The van der Waals surface area contributed by atoms with Crippen molar-refractivity contribution in [1.29, 1.82) is 0 Å². The molecule has 0 spiro atoms. The number of pyridine rings is 1. The Kier molecular flexibility index (Phi) is 4.91. The summed E-state index contributed by atoms with van der Waals surface area (Å²) in [5, 5.41) is 7.51. The molecule has 9 heteroatoms. The highest BCUT2D eigenvalue weighted by atomic mass is 35.5. The molecule has 2 N–H and O–H groups in total. The molecule has 0 unspecified atom stereocenters. The van der Waals surface area contributed by atoms with Crippen molar-refractivity contribution in [3.05, 3.63) is 42.2 Å². The average molecular weight is 385 g/mol. The molecule has 0 bridgehead atoms. The number of nitrogen functional groups attached to an aromatic ring is 1. The molecule has 0 saturated heterocycles. The molecule has 138 valence electrons. The van der Waals surface area contributed by atoms with E-state index >= 15 is 0 Å². The van der Waals surface area contributed by atoms with Gasteiger partial charge in [-0.05, 0) is 35.8 Å². The van der Waals surface area contributed by atoms with Gasteiger partial charge in [0, 0.05) is 23.9 Å². The second-order valence-electron chi connectivity index (χ2n) is 5.87. The first-order valence-electron chi connectivity index (χ1n) is 8.14. The number of aryl methyl sites for hydroxylation is 1. The minimum absolute atomic E-state index is 0. The van der Waals surface area contributed by atoms with Crippen molar-refractivity contribution in [2.45, 2.75) is 20.4 Å². The van der Waals surface area contributed by atoms with Crippen molar-refractivity contribution >= 4 is 35.0 Å². The van der Waals surface area contributed by atoms with Crippen LogP contribution in [0.15, 0.2) is 41.3 Å². The molecule has 0 fully saturated rings. The van der Waals surface area contributed by atoms with Crippen LogP contribution in [0.25, 0.3) is 33.7 Å². The Morgan fingerprint density at radius 2 is 2.07 bits per heavy atom. The van der Waals surface area contributed by atoms with E-state index in [-0.39, 0.29) is 24.0 Å². The topological polar surface area (TPSA) is 113 Å². The molecule has 1 aromatic carbocycles. The van der Waals surface area contributed by atoms with Gasteiger partial charge in [0.2, 0.25) is 0 Å². The van der Waals surface area contributed by atoms with Crippen LogP contribution in [0.1, 0.15) is 24.2 Å². The summed E-state index contributed by atoms with van der Waals surface area (Å²) in [4.78, 5) is 20.7. The number of carbonyl (C=O) groups excluding carboxylic acids is 1. The zero-order valence-corrected chi connectivity index (χ0v) is 15.5. The quantitative estimate of drug-likeness (QED) is 0.536. The third-order valence-corrected chi connectivity index (χ3v) is 4.27. The van der Waals surface area contributed by atoms with E-state index in [2.05, 4.69) is 20.3 Å². The summed E-state index contributed by atoms with van der Waals surface area (Å²) >= 11 is 0. The van der Waals surface area contributed by atoms with Crippen LogP contribution in [0.3, 0.4) is 0 Å². The van der Waals surface area contributed by atoms with E-state index in [0.717, 1.165) is 16.6 Å². The summed E-state index contributed by atoms with van der Waals surface area (Å²) in [5.41, 5.74) is 10.2. The third-order valence-electron chi connectivity index (χ3n) is 4.27. The zero-order valence-electron chi connectivity index (χ0n) is 14.7. The molecule has 4 aromatic rings. The van der Waals surface area contributed by atoms with Crippen molar-refractivity contribution in [2.75, 3.05) is 5.73 Å². The van der Waals surface area contributed by atoms with E-state index in [1.807, 2.05) is 29.7 Å².